The van der Waals surface area contributed by atoms with Gasteiger partial charge in [0.25, 0.3) is 0 Å². The second-order valence-corrected chi connectivity index (χ2v) is 13.6. The van der Waals surface area contributed by atoms with Crippen LogP contribution >= 0.6 is 0 Å². The van der Waals surface area contributed by atoms with Crippen molar-refractivity contribution in [2.24, 2.45) is 0 Å². The summed E-state index contributed by atoms with van der Waals surface area (Å²) in [6.07, 6.45) is 16.4. The largest absolute Gasteiger partial charge is 0.372 e. The molecule has 0 unspecified atom stereocenters. The molecule has 0 bridgehead atoms. The summed E-state index contributed by atoms with van der Waals surface area (Å²) in [7, 11) is 0. The molecule has 49 heavy (non-hydrogen) atoms. The van der Waals surface area contributed by atoms with Crippen molar-refractivity contribution in [1.82, 2.24) is 15.2 Å². The molecule has 0 saturated heterocycles. The second kappa shape index (κ2) is 19.1. The fourth-order valence-electron chi connectivity index (χ4n) is 6.58. The first-order chi connectivity index (χ1) is 23.5. The maximum Gasteiger partial charge on any atom is 0.101 e. The molecule has 0 aliphatic rings. The number of allylic oxidation sites excluding steroid dienone is 4. The minimum Gasteiger partial charge on any atom is -0.372 e. The van der Waals surface area contributed by atoms with Crippen LogP contribution in [0.15, 0.2) is 97.0 Å². The molecule has 4 nitrogen and oxygen atoms in total. The molecule has 0 aliphatic heterocycles. The highest BCUT2D eigenvalue weighted by molar-refractivity contribution is 5.46. The summed E-state index contributed by atoms with van der Waals surface area (Å²) in [4.78, 5) is 6.62. The Balaban J connectivity index is 1.89. The molecule has 0 saturated carbocycles. The van der Waals surface area contributed by atoms with Crippen molar-refractivity contribution in [3.63, 3.8) is 0 Å². The van der Waals surface area contributed by atoms with Crippen LogP contribution in [0, 0.1) is 25.2 Å². The molecule has 3 aromatic rings. The van der Waals surface area contributed by atoms with E-state index in [1.165, 1.54) is 50.1 Å². The summed E-state index contributed by atoms with van der Waals surface area (Å²) >= 11 is 0. The first-order valence-corrected chi connectivity index (χ1v) is 18.2. The van der Waals surface area contributed by atoms with Crippen LogP contribution in [-0.4, -0.2) is 28.5 Å². The van der Waals surface area contributed by atoms with Gasteiger partial charge in [-0.2, -0.15) is 5.26 Å². The van der Waals surface area contributed by atoms with Gasteiger partial charge in [-0.25, -0.2) is 0 Å². The van der Waals surface area contributed by atoms with Crippen LogP contribution in [0.1, 0.15) is 104 Å². The molecule has 3 rings (SSSR count). The van der Waals surface area contributed by atoms with E-state index in [-0.39, 0.29) is 5.54 Å². The van der Waals surface area contributed by atoms with Gasteiger partial charge in [0, 0.05) is 43.3 Å². The summed E-state index contributed by atoms with van der Waals surface area (Å²) in [5, 5.41) is 13.3. The number of rotatable bonds is 19. The maximum absolute atomic E-state index is 9.39. The summed E-state index contributed by atoms with van der Waals surface area (Å²) in [5.74, 6) is 0. The van der Waals surface area contributed by atoms with Crippen molar-refractivity contribution >= 4 is 0 Å². The Bertz CT molecular complexity index is 1670. The topological polar surface area (TPSA) is 52.0 Å². The maximum atomic E-state index is 9.39. The third-order valence-corrected chi connectivity index (χ3v) is 10.5. The van der Waals surface area contributed by atoms with E-state index >= 15 is 0 Å². The monoisotopic (exact) mass is 656 g/mol. The molecule has 0 spiro atoms. The average Bonchev–Trinajstić information content (AvgIpc) is 3.11. The van der Waals surface area contributed by atoms with E-state index in [0.29, 0.717) is 5.56 Å². The molecule has 2 aromatic carbocycles. The highest BCUT2D eigenvalue weighted by Crippen LogP contribution is 2.27. The number of hydrogen-bond donors (Lipinski definition) is 1. The van der Waals surface area contributed by atoms with Gasteiger partial charge in [0.15, 0.2) is 0 Å². The van der Waals surface area contributed by atoms with E-state index in [9.17, 15) is 5.26 Å². The lowest BCUT2D eigenvalue weighted by molar-refractivity contribution is 0.329. The van der Waals surface area contributed by atoms with Gasteiger partial charge in [-0.15, -0.1) is 0 Å². The number of nitrogens with one attached hydrogen (secondary N) is 1. The molecular weight excluding hydrogens is 597 g/mol. The predicted octanol–water partition coefficient (Wildman–Crippen LogP) is 10.3. The lowest BCUT2D eigenvalue weighted by Crippen LogP contribution is -2.40. The molecule has 0 aliphatic carbocycles. The first-order valence-electron chi connectivity index (χ1n) is 18.2. The van der Waals surface area contributed by atoms with Crippen LogP contribution in [0.4, 0.5) is 0 Å². The lowest BCUT2D eigenvalue weighted by Gasteiger charge is -2.29. The lowest BCUT2D eigenvalue weighted by atomic mass is 9.89. The van der Waals surface area contributed by atoms with Gasteiger partial charge in [-0.05, 0) is 143 Å². The smallest absolute Gasteiger partial charge is 0.101 e. The van der Waals surface area contributed by atoms with Crippen LogP contribution in [0.3, 0.4) is 0 Å². The summed E-state index contributed by atoms with van der Waals surface area (Å²) in [6.45, 7) is 29.1. The highest BCUT2D eigenvalue weighted by atomic mass is 15.1. The fourth-order valence-corrected chi connectivity index (χ4v) is 6.58. The van der Waals surface area contributed by atoms with Gasteiger partial charge in [-0.3, -0.25) is 4.98 Å². The number of benzene rings is 2. The zero-order valence-corrected chi connectivity index (χ0v) is 31.7. The summed E-state index contributed by atoms with van der Waals surface area (Å²) in [5.41, 5.74) is 15.1. The van der Waals surface area contributed by atoms with E-state index in [4.69, 9.17) is 0 Å². The van der Waals surface area contributed by atoms with E-state index in [0.717, 1.165) is 75.8 Å². The fraction of sp³-hybridized carbons (Fsp3) is 0.422. The Morgan fingerprint density at radius 1 is 0.918 bits per heavy atom. The molecular formula is C45H60N4. The molecule has 0 radical (unpaired) electrons. The highest BCUT2D eigenvalue weighted by Gasteiger charge is 2.20. The number of nitriles is 1. The molecule has 0 fully saturated rings. The normalized spacial score (nSPS) is 12.1. The molecule has 1 heterocycles. The van der Waals surface area contributed by atoms with Crippen LogP contribution in [0.25, 0.3) is 0 Å². The Morgan fingerprint density at radius 3 is 2.24 bits per heavy atom. The average molecular weight is 657 g/mol. The predicted molar refractivity (Wildman–Crippen MR) is 210 cm³/mol. The molecule has 0 atom stereocenters. The number of likely N-dealkylation sites (N-methyl/N-ethyl adjacent to an activating group) is 1. The molecule has 260 valence electrons. The first kappa shape index (κ1) is 39.2. The van der Waals surface area contributed by atoms with Crippen molar-refractivity contribution in [2.75, 3.05) is 13.1 Å². The van der Waals surface area contributed by atoms with Gasteiger partial charge in [0.05, 0.1) is 5.56 Å². The molecule has 0 amide bonds. The van der Waals surface area contributed by atoms with Crippen LogP contribution < -0.4 is 5.32 Å². The Hall–Kier alpha value is -4.20. The van der Waals surface area contributed by atoms with E-state index < -0.39 is 0 Å². The Morgan fingerprint density at radius 2 is 1.59 bits per heavy atom. The van der Waals surface area contributed by atoms with E-state index in [1.807, 2.05) is 24.4 Å². The standard InChI is InChI=1S/C45H60N4/c1-11-16-20-44(36(9)49(14-4)15-5)34(7)26-41-19-17-18-39(35(41)8)23-24-40-28-42(22-21-37-27-38(29-46)31-47-30-37)43(25-33(40)6)32-48-45(10,12-2)13-3/h11,16-20,25,27-28,30-31,48H,1,9,12-15,21-24,26,32H2,2-8,10H3/b20-16-,44-34+. The third-order valence-electron chi connectivity index (χ3n) is 10.5. The van der Waals surface area contributed by atoms with Crippen molar-refractivity contribution in [2.45, 2.75) is 112 Å². The molecule has 4 heteroatoms. The number of nitrogens with zero attached hydrogens (tertiary/aromatic N) is 3. The van der Waals surface area contributed by atoms with E-state index in [1.54, 1.807) is 6.20 Å². The molecule has 1 aromatic heterocycles. The van der Waals surface area contributed by atoms with Crippen LogP contribution in [-0.2, 0) is 38.6 Å². The van der Waals surface area contributed by atoms with E-state index in [2.05, 4.69) is 126 Å². The number of aryl methyl sites for hydroxylation is 5. The number of hydrogen-bond acceptors (Lipinski definition) is 4. The zero-order chi connectivity index (χ0) is 36.0. The van der Waals surface area contributed by atoms with Crippen LogP contribution in [0.2, 0.25) is 0 Å². The second-order valence-electron chi connectivity index (χ2n) is 13.6. The van der Waals surface area contributed by atoms with Gasteiger partial charge in [0.1, 0.15) is 6.07 Å². The van der Waals surface area contributed by atoms with Crippen LogP contribution in [0.5, 0.6) is 0 Å². The van der Waals surface area contributed by atoms with Crippen molar-refractivity contribution in [1.29, 1.82) is 5.26 Å². The Labute approximate surface area is 298 Å². The summed E-state index contributed by atoms with van der Waals surface area (Å²) < 4.78 is 0. The molecule has 1 N–H and O–H groups in total. The number of aromatic nitrogens is 1. The Kier molecular flexibility index (Phi) is 15.3. The van der Waals surface area contributed by atoms with Crippen molar-refractivity contribution in [3.05, 3.63) is 147 Å². The minimum absolute atomic E-state index is 0.117. The van der Waals surface area contributed by atoms with Gasteiger partial charge >= 0.3 is 0 Å². The summed E-state index contributed by atoms with van der Waals surface area (Å²) in [6, 6.07) is 15.9. The number of pyridine rings is 1. The minimum atomic E-state index is 0.117. The van der Waals surface area contributed by atoms with Gasteiger partial charge < -0.3 is 10.2 Å². The van der Waals surface area contributed by atoms with Gasteiger partial charge in [0.2, 0.25) is 0 Å². The zero-order valence-electron chi connectivity index (χ0n) is 31.7. The SMILES string of the molecule is C=C/C=C\C(C(=C)N(CC)CC)=C(\C)Cc1cccc(CCc2cc(CCc3cncc(C#N)c3)c(CNC(C)(CC)CC)cc2C)c1C. The quantitative estimate of drug-likeness (QED) is 0.131. The van der Waals surface area contributed by atoms with Crippen molar-refractivity contribution in [3.8, 4) is 6.07 Å². The van der Waals surface area contributed by atoms with Crippen molar-refractivity contribution < 1.29 is 0 Å². The van der Waals surface area contributed by atoms with Gasteiger partial charge in [-0.1, -0.05) is 81.1 Å². The third kappa shape index (κ3) is 10.9.